The molecule has 0 saturated carbocycles. The summed E-state index contributed by atoms with van der Waals surface area (Å²) < 4.78 is 11.2. The van der Waals surface area contributed by atoms with Crippen molar-refractivity contribution < 1.29 is 9.47 Å². The van der Waals surface area contributed by atoms with Crippen LogP contribution in [-0.4, -0.2) is 31.2 Å². The maximum absolute atomic E-state index is 5.87. The summed E-state index contributed by atoms with van der Waals surface area (Å²) >= 11 is 1.95. The maximum atomic E-state index is 5.87. The van der Waals surface area contributed by atoms with Crippen LogP contribution >= 0.6 is 11.8 Å². The average Bonchev–Trinajstić information content (AvgIpc) is 2.95. The molecule has 0 radical (unpaired) electrons. The highest BCUT2D eigenvalue weighted by Gasteiger charge is 2.24. The summed E-state index contributed by atoms with van der Waals surface area (Å²) in [6.45, 7) is 2.50. The second-order valence-electron chi connectivity index (χ2n) is 4.37. The lowest BCUT2D eigenvalue weighted by Crippen LogP contribution is -2.19. The molecule has 0 amide bonds. The van der Waals surface area contributed by atoms with Gasteiger partial charge in [-0.1, -0.05) is 18.2 Å². The molecular formula is C13H16O2S. The Balaban J connectivity index is 1.52. The molecule has 1 fully saturated rings. The first-order valence-electron chi connectivity index (χ1n) is 5.86. The highest BCUT2D eigenvalue weighted by Crippen LogP contribution is 2.36. The van der Waals surface area contributed by atoms with Gasteiger partial charge in [-0.05, 0) is 24.5 Å². The Morgan fingerprint density at radius 1 is 1.38 bits per heavy atom. The van der Waals surface area contributed by atoms with Gasteiger partial charge in [0.05, 0.1) is 19.3 Å². The fourth-order valence-corrected chi connectivity index (χ4v) is 3.46. The second kappa shape index (κ2) is 4.78. The van der Waals surface area contributed by atoms with Gasteiger partial charge in [0.15, 0.2) is 0 Å². The van der Waals surface area contributed by atoms with Crippen molar-refractivity contribution in [2.24, 2.45) is 0 Å². The third-order valence-corrected chi connectivity index (χ3v) is 4.41. The zero-order valence-electron chi connectivity index (χ0n) is 9.22. The summed E-state index contributed by atoms with van der Waals surface area (Å²) in [7, 11) is 0. The van der Waals surface area contributed by atoms with Crippen LogP contribution in [0.5, 0.6) is 0 Å². The van der Waals surface area contributed by atoms with E-state index in [4.69, 9.17) is 9.47 Å². The molecule has 2 aliphatic rings. The van der Waals surface area contributed by atoms with Crippen molar-refractivity contribution in [1.29, 1.82) is 0 Å². The predicted octanol–water partition coefficient (Wildman–Crippen LogP) is 2.51. The lowest BCUT2D eigenvalue weighted by molar-refractivity contribution is 0.0440. The summed E-state index contributed by atoms with van der Waals surface area (Å²) in [5.41, 5.74) is 1.48. The molecule has 0 bridgehead atoms. The molecule has 1 aromatic carbocycles. The highest BCUT2D eigenvalue weighted by atomic mass is 32.2. The van der Waals surface area contributed by atoms with Crippen molar-refractivity contribution in [1.82, 2.24) is 0 Å². The van der Waals surface area contributed by atoms with E-state index < -0.39 is 0 Å². The minimum Gasteiger partial charge on any atom is -0.379 e. The van der Waals surface area contributed by atoms with Crippen LogP contribution in [0, 0.1) is 0 Å². The molecule has 2 atom stereocenters. The zero-order chi connectivity index (χ0) is 10.8. The molecule has 2 nitrogen and oxygen atoms in total. The van der Waals surface area contributed by atoms with Gasteiger partial charge in [0.2, 0.25) is 0 Å². The highest BCUT2D eigenvalue weighted by molar-refractivity contribution is 8.00. The quantitative estimate of drug-likeness (QED) is 0.803. The van der Waals surface area contributed by atoms with Gasteiger partial charge in [0.1, 0.15) is 0 Å². The average molecular weight is 236 g/mol. The van der Waals surface area contributed by atoms with Crippen molar-refractivity contribution in [3.63, 3.8) is 0 Å². The van der Waals surface area contributed by atoms with Gasteiger partial charge in [-0.2, -0.15) is 0 Å². The predicted molar refractivity (Wildman–Crippen MR) is 65.0 cm³/mol. The Bertz CT molecular complexity index is 336. The fraction of sp³-hybridized carbons (Fsp3) is 0.538. The number of thioether (sulfide) groups is 1. The van der Waals surface area contributed by atoms with Crippen molar-refractivity contribution in [3.05, 3.63) is 29.8 Å². The van der Waals surface area contributed by atoms with Gasteiger partial charge in [0.25, 0.3) is 0 Å². The van der Waals surface area contributed by atoms with Crippen LogP contribution in [0.25, 0.3) is 0 Å². The minimum atomic E-state index is 0.337. The van der Waals surface area contributed by atoms with E-state index in [1.807, 2.05) is 11.8 Å². The third kappa shape index (κ3) is 2.26. The molecule has 16 heavy (non-hydrogen) atoms. The minimum absolute atomic E-state index is 0.337. The lowest BCUT2D eigenvalue weighted by Gasteiger charge is -2.13. The molecule has 0 aliphatic carbocycles. The summed E-state index contributed by atoms with van der Waals surface area (Å²) in [4.78, 5) is 1.43. The molecular weight excluding hydrogens is 220 g/mol. The topological polar surface area (TPSA) is 18.5 Å². The van der Waals surface area contributed by atoms with Gasteiger partial charge >= 0.3 is 0 Å². The van der Waals surface area contributed by atoms with E-state index in [1.165, 1.54) is 10.5 Å². The lowest BCUT2D eigenvalue weighted by atomic mass is 10.1. The molecule has 3 heteroatoms. The van der Waals surface area contributed by atoms with Gasteiger partial charge < -0.3 is 9.47 Å². The van der Waals surface area contributed by atoms with Gasteiger partial charge in [-0.3, -0.25) is 0 Å². The normalized spacial score (nSPS) is 28.2. The zero-order valence-corrected chi connectivity index (χ0v) is 10.0. The van der Waals surface area contributed by atoms with E-state index in [0.717, 1.165) is 32.7 Å². The first-order valence-corrected chi connectivity index (χ1v) is 6.74. The Morgan fingerprint density at radius 3 is 3.12 bits per heavy atom. The standard InChI is InChI=1S/C13H16O2S/c1-2-4-13-10(3-1)7-12(16-13)9-15-11-5-6-14-8-11/h1-4,11-12H,5-9H2. The number of ether oxygens (including phenoxy) is 2. The van der Waals surface area contributed by atoms with E-state index in [9.17, 15) is 0 Å². The molecule has 2 heterocycles. The molecule has 0 aromatic heterocycles. The number of hydrogen-bond acceptors (Lipinski definition) is 3. The van der Waals surface area contributed by atoms with Gasteiger partial charge in [0, 0.05) is 16.8 Å². The molecule has 3 rings (SSSR count). The Labute approximate surface area is 100 Å². The number of fused-ring (bicyclic) bond motifs is 1. The number of hydrogen-bond donors (Lipinski definition) is 0. The van der Waals surface area contributed by atoms with Crippen LogP contribution in [-0.2, 0) is 15.9 Å². The van der Waals surface area contributed by atoms with Crippen LogP contribution in [0.15, 0.2) is 29.2 Å². The van der Waals surface area contributed by atoms with Crippen LogP contribution in [0.2, 0.25) is 0 Å². The molecule has 86 valence electrons. The second-order valence-corrected chi connectivity index (χ2v) is 5.71. The Hall–Kier alpha value is -0.510. The van der Waals surface area contributed by atoms with Crippen LogP contribution in [0.3, 0.4) is 0 Å². The Kier molecular flexibility index (Phi) is 3.18. The molecule has 0 N–H and O–H groups in total. The molecule has 2 aliphatic heterocycles. The van der Waals surface area contributed by atoms with Crippen LogP contribution in [0.1, 0.15) is 12.0 Å². The van der Waals surface area contributed by atoms with Crippen molar-refractivity contribution >= 4 is 11.8 Å². The summed E-state index contributed by atoms with van der Waals surface area (Å²) in [5.74, 6) is 0. The molecule has 1 aromatic rings. The maximum Gasteiger partial charge on any atom is 0.0830 e. The van der Waals surface area contributed by atoms with Crippen LogP contribution in [0.4, 0.5) is 0 Å². The van der Waals surface area contributed by atoms with E-state index in [2.05, 4.69) is 24.3 Å². The monoisotopic (exact) mass is 236 g/mol. The summed E-state index contributed by atoms with van der Waals surface area (Å²) in [6.07, 6.45) is 2.54. The fourth-order valence-electron chi connectivity index (χ4n) is 2.23. The summed E-state index contributed by atoms with van der Waals surface area (Å²) in [5, 5.41) is 0.595. The first-order chi connectivity index (χ1) is 7.92. The number of benzene rings is 1. The number of rotatable bonds is 3. The Morgan fingerprint density at radius 2 is 2.31 bits per heavy atom. The van der Waals surface area contributed by atoms with E-state index in [0.29, 0.717) is 11.4 Å². The first kappa shape index (κ1) is 10.6. The van der Waals surface area contributed by atoms with E-state index in [1.54, 1.807) is 0 Å². The smallest absolute Gasteiger partial charge is 0.0830 e. The third-order valence-electron chi connectivity index (χ3n) is 3.12. The summed E-state index contributed by atoms with van der Waals surface area (Å²) in [6, 6.07) is 8.66. The van der Waals surface area contributed by atoms with Crippen molar-refractivity contribution in [3.8, 4) is 0 Å². The SMILES string of the molecule is c1ccc2c(c1)CC(COC1CCOC1)S2. The molecule has 2 unspecified atom stereocenters. The van der Waals surface area contributed by atoms with Crippen molar-refractivity contribution in [2.75, 3.05) is 19.8 Å². The van der Waals surface area contributed by atoms with E-state index in [-0.39, 0.29) is 0 Å². The van der Waals surface area contributed by atoms with Crippen molar-refractivity contribution in [2.45, 2.75) is 29.1 Å². The van der Waals surface area contributed by atoms with E-state index >= 15 is 0 Å². The molecule has 0 spiro atoms. The van der Waals surface area contributed by atoms with Gasteiger partial charge in [-0.25, -0.2) is 0 Å². The molecule has 1 saturated heterocycles. The van der Waals surface area contributed by atoms with Gasteiger partial charge in [-0.15, -0.1) is 11.8 Å². The van der Waals surface area contributed by atoms with Crippen LogP contribution < -0.4 is 0 Å². The largest absolute Gasteiger partial charge is 0.379 e.